The molecule has 1 aliphatic rings. The number of fused-ring (bicyclic) bond motifs is 1. The minimum atomic E-state index is -0.410. The quantitative estimate of drug-likeness (QED) is 0.747. The molecule has 0 radical (unpaired) electrons. The average molecular weight is 309 g/mol. The number of hydrogen-bond donors (Lipinski definition) is 0. The van der Waals surface area contributed by atoms with E-state index in [1.165, 1.54) is 0 Å². The van der Waals surface area contributed by atoms with Gasteiger partial charge in [0.15, 0.2) is 0 Å². The standard InChI is InChI=1S/C17H18BNO2.C2H6/c1-16(2)17(3,4)21-18(20-16)15-10-9-12(11-19)13-7-5-6-8-14(13)15;1-2/h5-10H,1-4H3;1-2H3. The van der Waals surface area contributed by atoms with Gasteiger partial charge in [0.1, 0.15) is 0 Å². The summed E-state index contributed by atoms with van der Waals surface area (Å²) in [4.78, 5) is 0. The maximum Gasteiger partial charge on any atom is 0.495 e. The number of nitriles is 1. The second kappa shape index (κ2) is 6.35. The summed E-state index contributed by atoms with van der Waals surface area (Å²) in [6.45, 7) is 12.2. The molecule has 23 heavy (non-hydrogen) atoms. The van der Waals surface area contributed by atoms with Crippen LogP contribution in [0.5, 0.6) is 0 Å². The molecule has 4 heteroatoms. The van der Waals surface area contributed by atoms with Gasteiger partial charge in [0.2, 0.25) is 0 Å². The van der Waals surface area contributed by atoms with Crippen molar-refractivity contribution in [2.24, 2.45) is 0 Å². The lowest BCUT2D eigenvalue weighted by atomic mass is 9.75. The van der Waals surface area contributed by atoms with Gasteiger partial charge in [0, 0.05) is 0 Å². The molecule has 3 nitrogen and oxygen atoms in total. The number of hydrogen-bond acceptors (Lipinski definition) is 3. The van der Waals surface area contributed by atoms with Crippen molar-refractivity contribution in [2.75, 3.05) is 0 Å². The molecule has 0 saturated carbocycles. The third-order valence-corrected chi connectivity index (χ3v) is 4.59. The molecule has 0 spiro atoms. The molecule has 2 aromatic rings. The summed E-state index contributed by atoms with van der Waals surface area (Å²) in [5.74, 6) is 0. The summed E-state index contributed by atoms with van der Waals surface area (Å²) < 4.78 is 12.3. The van der Waals surface area contributed by atoms with E-state index in [9.17, 15) is 5.26 Å². The van der Waals surface area contributed by atoms with Crippen molar-refractivity contribution in [3.05, 3.63) is 42.0 Å². The molecule has 1 saturated heterocycles. The van der Waals surface area contributed by atoms with Crippen molar-refractivity contribution >= 4 is 23.4 Å². The second-order valence-electron chi connectivity index (χ2n) is 6.45. The SMILES string of the molecule is CC.CC1(C)OB(c2ccc(C#N)c3ccccc23)OC1(C)C. The first kappa shape index (κ1) is 17.5. The molecule has 0 unspecified atom stereocenters. The van der Waals surface area contributed by atoms with E-state index in [1.807, 2.05) is 77.9 Å². The first-order valence-corrected chi connectivity index (χ1v) is 8.13. The van der Waals surface area contributed by atoms with Crippen LogP contribution in [-0.2, 0) is 9.31 Å². The molecule has 1 fully saturated rings. The van der Waals surface area contributed by atoms with Crippen LogP contribution < -0.4 is 5.46 Å². The zero-order valence-corrected chi connectivity index (χ0v) is 14.8. The van der Waals surface area contributed by atoms with Crippen molar-refractivity contribution < 1.29 is 9.31 Å². The number of nitrogens with zero attached hydrogens (tertiary/aromatic N) is 1. The van der Waals surface area contributed by atoms with E-state index < -0.39 is 7.12 Å². The fraction of sp³-hybridized carbons (Fsp3) is 0.421. The maximum absolute atomic E-state index is 9.25. The predicted molar refractivity (Wildman–Crippen MR) is 95.7 cm³/mol. The Kier molecular flexibility index (Phi) is 4.84. The van der Waals surface area contributed by atoms with Crippen molar-refractivity contribution in [2.45, 2.75) is 52.7 Å². The zero-order chi connectivity index (χ0) is 17.3. The van der Waals surface area contributed by atoms with Gasteiger partial charge in [0.25, 0.3) is 0 Å². The number of rotatable bonds is 1. The Morgan fingerprint density at radius 2 is 1.39 bits per heavy atom. The summed E-state index contributed by atoms with van der Waals surface area (Å²) in [5, 5.41) is 11.2. The Balaban J connectivity index is 0.000000924. The summed E-state index contributed by atoms with van der Waals surface area (Å²) in [5.41, 5.74) is 0.911. The van der Waals surface area contributed by atoms with Gasteiger partial charge in [0.05, 0.1) is 22.8 Å². The van der Waals surface area contributed by atoms with Crippen LogP contribution in [0.1, 0.15) is 47.1 Å². The van der Waals surface area contributed by atoms with Gasteiger partial charge >= 0.3 is 7.12 Å². The van der Waals surface area contributed by atoms with Gasteiger partial charge < -0.3 is 9.31 Å². The minimum absolute atomic E-state index is 0.368. The summed E-state index contributed by atoms with van der Waals surface area (Å²) >= 11 is 0. The van der Waals surface area contributed by atoms with E-state index in [2.05, 4.69) is 6.07 Å². The fourth-order valence-corrected chi connectivity index (χ4v) is 2.60. The molecule has 0 N–H and O–H groups in total. The van der Waals surface area contributed by atoms with E-state index in [4.69, 9.17) is 9.31 Å². The van der Waals surface area contributed by atoms with E-state index in [0.29, 0.717) is 5.56 Å². The van der Waals surface area contributed by atoms with Crippen molar-refractivity contribution in [3.8, 4) is 6.07 Å². The number of benzene rings is 2. The highest BCUT2D eigenvalue weighted by Gasteiger charge is 2.52. The highest BCUT2D eigenvalue weighted by atomic mass is 16.7. The molecule has 0 aliphatic carbocycles. The van der Waals surface area contributed by atoms with Gasteiger partial charge in [-0.25, -0.2) is 0 Å². The summed E-state index contributed by atoms with van der Waals surface area (Å²) in [6, 6.07) is 13.9. The summed E-state index contributed by atoms with van der Waals surface area (Å²) in [7, 11) is -0.410. The predicted octanol–water partition coefficient (Wildman–Crippen LogP) is 4.04. The van der Waals surface area contributed by atoms with Crippen LogP contribution in [0.25, 0.3) is 10.8 Å². The highest BCUT2D eigenvalue weighted by molar-refractivity contribution is 6.65. The molecular weight excluding hydrogens is 285 g/mol. The van der Waals surface area contributed by atoms with E-state index >= 15 is 0 Å². The Labute approximate surface area is 139 Å². The van der Waals surface area contributed by atoms with Crippen LogP contribution in [0.4, 0.5) is 0 Å². The van der Waals surface area contributed by atoms with Crippen molar-refractivity contribution in [1.82, 2.24) is 0 Å². The van der Waals surface area contributed by atoms with Crippen molar-refractivity contribution in [3.63, 3.8) is 0 Å². The van der Waals surface area contributed by atoms with Crippen LogP contribution in [0.3, 0.4) is 0 Å². The Bertz CT molecular complexity index is 731. The lowest BCUT2D eigenvalue weighted by molar-refractivity contribution is 0.00578. The highest BCUT2D eigenvalue weighted by Crippen LogP contribution is 2.37. The van der Waals surface area contributed by atoms with Gasteiger partial charge in [-0.05, 0) is 50.0 Å². The Morgan fingerprint density at radius 1 is 0.870 bits per heavy atom. The molecule has 120 valence electrons. The first-order chi connectivity index (χ1) is 10.9. The smallest absolute Gasteiger partial charge is 0.399 e. The van der Waals surface area contributed by atoms with E-state index in [-0.39, 0.29) is 11.2 Å². The molecule has 0 aromatic heterocycles. The molecule has 3 rings (SSSR count). The van der Waals surface area contributed by atoms with Crippen LogP contribution >= 0.6 is 0 Å². The maximum atomic E-state index is 9.25. The largest absolute Gasteiger partial charge is 0.495 e. The minimum Gasteiger partial charge on any atom is -0.399 e. The molecule has 1 aliphatic heterocycles. The monoisotopic (exact) mass is 309 g/mol. The van der Waals surface area contributed by atoms with Gasteiger partial charge in [-0.3, -0.25) is 0 Å². The molecule has 1 heterocycles. The molecule has 2 aromatic carbocycles. The Hall–Kier alpha value is -1.83. The third-order valence-electron chi connectivity index (χ3n) is 4.59. The van der Waals surface area contributed by atoms with Gasteiger partial charge in [-0.1, -0.05) is 44.2 Å². The average Bonchev–Trinajstić information content (AvgIpc) is 2.76. The third kappa shape index (κ3) is 2.99. The zero-order valence-electron chi connectivity index (χ0n) is 14.8. The topological polar surface area (TPSA) is 42.2 Å². The summed E-state index contributed by atoms with van der Waals surface area (Å²) in [6.07, 6.45) is 0. The molecule has 0 amide bonds. The fourth-order valence-electron chi connectivity index (χ4n) is 2.60. The van der Waals surface area contributed by atoms with Crippen molar-refractivity contribution in [1.29, 1.82) is 5.26 Å². The van der Waals surface area contributed by atoms with Crippen LogP contribution in [0.15, 0.2) is 36.4 Å². The molecule has 0 atom stereocenters. The van der Waals surface area contributed by atoms with Crippen LogP contribution in [-0.4, -0.2) is 18.3 Å². The van der Waals surface area contributed by atoms with Crippen LogP contribution in [0.2, 0.25) is 0 Å². The lowest BCUT2D eigenvalue weighted by Crippen LogP contribution is -2.41. The second-order valence-corrected chi connectivity index (χ2v) is 6.45. The molecule has 0 bridgehead atoms. The van der Waals surface area contributed by atoms with Gasteiger partial charge in [-0.2, -0.15) is 5.26 Å². The van der Waals surface area contributed by atoms with Gasteiger partial charge in [-0.15, -0.1) is 0 Å². The van der Waals surface area contributed by atoms with E-state index in [1.54, 1.807) is 0 Å². The normalized spacial score (nSPS) is 18.2. The van der Waals surface area contributed by atoms with Crippen LogP contribution in [0, 0.1) is 11.3 Å². The molecular formula is C19H24BNO2. The first-order valence-electron chi connectivity index (χ1n) is 8.13. The van der Waals surface area contributed by atoms with E-state index in [0.717, 1.165) is 16.2 Å². The lowest BCUT2D eigenvalue weighted by Gasteiger charge is -2.32. The Morgan fingerprint density at radius 3 is 1.91 bits per heavy atom.